The second-order valence-electron chi connectivity index (χ2n) is 5.63. The summed E-state index contributed by atoms with van der Waals surface area (Å²) in [5, 5.41) is 0. The lowest BCUT2D eigenvalue weighted by Gasteiger charge is -2.37. The summed E-state index contributed by atoms with van der Waals surface area (Å²) in [5.41, 5.74) is 7.81. The van der Waals surface area contributed by atoms with Gasteiger partial charge in [0.2, 0.25) is 0 Å². The second kappa shape index (κ2) is 4.73. The van der Waals surface area contributed by atoms with Gasteiger partial charge in [0.1, 0.15) is 0 Å². The molecule has 1 aliphatic heterocycles. The molecule has 1 aromatic rings. The van der Waals surface area contributed by atoms with Crippen LogP contribution < -0.4 is 10.6 Å². The van der Waals surface area contributed by atoms with Gasteiger partial charge in [0, 0.05) is 23.3 Å². The molecular weight excluding hydrogens is 224 g/mol. The highest BCUT2D eigenvalue weighted by atomic mass is 16.1. The number of carbonyl (C=O) groups excluding carboxylic acids is 1. The van der Waals surface area contributed by atoms with E-state index in [0.717, 1.165) is 30.8 Å². The van der Waals surface area contributed by atoms with E-state index in [2.05, 4.69) is 24.8 Å². The third kappa shape index (κ3) is 2.15. The van der Waals surface area contributed by atoms with Crippen molar-refractivity contribution in [3.63, 3.8) is 0 Å². The van der Waals surface area contributed by atoms with Crippen molar-refractivity contribution in [3.05, 3.63) is 29.8 Å². The van der Waals surface area contributed by atoms with Crippen LogP contribution in [0.15, 0.2) is 24.3 Å². The van der Waals surface area contributed by atoms with Gasteiger partial charge in [-0.25, -0.2) is 0 Å². The number of hydrogen-bond donors (Lipinski definition) is 1. The van der Waals surface area contributed by atoms with E-state index in [1.807, 2.05) is 18.2 Å². The minimum atomic E-state index is 0.0597. The number of hydrogen-bond acceptors (Lipinski definition) is 3. The summed E-state index contributed by atoms with van der Waals surface area (Å²) in [4.78, 5) is 13.8. The monoisotopic (exact) mass is 246 g/mol. The predicted molar refractivity (Wildman–Crippen MR) is 75.0 cm³/mol. The summed E-state index contributed by atoms with van der Waals surface area (Å²) in [6.07, 6.45) is 1.12. The highest BCUT2D eigenvalue weighted by Gasteiger charge is 2.40. The number of Topliss-reactive ketones (excluding diaryl/α,β-unsaturated/α-hetero) is 1. The van der Waals surface area contributed by atoms with E-state index in [-0.39, 0.29) is 11.3 Å². The molecule has 18 heavy (non-hydrogen) atoms. The maximum Gasteiger partial charge on any atom is 0.159 e. The quantitative estimate of drug-likeness (QED) is 0.833. The molecule has 0 bridgehead atoms. The smallest absolute Gasteiger partial charge is 0.159 e. The molecule has 0 aliphatic carbocycles. The van der Waals surface area contributed by atoms with Crippen molar-refractivity contribution >= 4 is 11.5 Å². The molecule has 0 radical (unpaired) electrons. The first kappa shape index (κ1) is 13.1. The van der Waals surface area contributed by atoms with Gasteiger partial charge < -0.3 is 10.6 Å². The van der Waals surface area contributed by atoms with Crippen molar-refractivity contribution in [2.45, 2.75) is 32.7 Å². The lowest BCUT2D eigenvalue weighted by molar-refractivity contribution is 0.101. The fourth-order valence-electron chi connectivity index (χ4n) is 2.91. The average molecular weight is 246 g/mol. The molecule has 1 unspecified atom stereocenters. The van der Waals surface area contributed by atoms with E-state index in [1.54, 1.807) is 6.92 Å². The lowest BCUT2D eigenvalue weighted by atomic mass is 9.88. The Morgan fingerprint density at radius 3 is 2.78 bits per heavy atom. The van der Waals surface area contributed by atoms with Crippen molar-refractivity contribution in [2.24, 2.45) is 11.7 Å². The van der Waals surface area contributed by atoms with Gasteiger partial charge in [-0.1, -0.05) is 12.1 Å². The molecule has 1 saturated heterocycles. The summed E-state index contributed by atoms with van der Waals surface area (Å²) in [6.45, 7) is 7.80. The Labute approximate surface area is 109 Å². The molecule has 2 N–H and O–H groups in total. The molecule has 0 spiro atoms. The first-order chi connectivity index (χ1) is 8.46. The average Bonchev–Trinajstić information content (AvgIpc) is 2.64. The van der Waals surface area contributed by atoms with Gasteiger partial charge in [-0.05, 0) is 51.8 Å². The fourth-order valence-corrected chi connectivity index (χ4v) is 2.91. The molecule has 3 nitrogen and oxygen atoms in total. The van der Waals surface area contributed by atoms with E-state index in [1.165, 1.54) is 0 Å². The van der Waals surface area contributed by atoms with Gasteiger partial charge >= 0.3 is 0 Å². The Balaban J connectivity index is 2.32. The van der Waals surface area contributed by atoms with Gasteiger partial charge in [0.15, 0.2) is 5.78 Å². The summed E-state index contributed by atoms with van der Waals surface area (Å²) < 4.78 is 0. The normalized spacial score (nSPS) is 22.2. The van der Waals surface area contributed by atoms with E-state index in [4.69, 9.17) is 5.73 Å². The maximum absolute atomic E-state index is 11.5. The van der Waals surface area contributed by atoms with Crippen LogP contribution in [0.3, 0.4) is 0 Å². The topological polar surface area (TPSA) is 46.3 Å². The second-order valence-corrected chi connectivity index (χ2v) is 5.63. The van der Waals surface area contributed by atoms with E-state index in [9.17, 15) is 4.79 Å². The van der Waals surface area contributed by atoms with Crippen LogP contribution in [0, 0.1) is 5.92 Å². The standard InChI is InChI=1S/C15H22N2O/c1-11(18)12-5-4-6-14(9-12)17-8-7-13(10-16)15(17,2)3/h4-6,9,13H,7-8,10,16H2,1-3H3. The van der Waals surface area contributed by atoms with Crippen LogP contribution in [0.4, 0.5) is 5.69 Å². The third-order valence-corrected chi connectivity index (χ3v) is 4.24. The molecule has 1 fully saturated rings. The van der Waals surface area contributed by atoms with Crippen LogP contribution in [0.25, 0.3) is 0 Å². The van der Waals surface area contributed by atoms with Crippen molar-refractivity contribution in [1.29, 1.82) is 0 Å². The minimum absolute atomic E-state index is 0.0597. The molecule has 1 atom stereocenters. The Morgan fingerprint density at radius 1 is 1.50 bits per heavy atom. The molecule has 1 heterocycles. The minimum Gasteiger partial charge on any atom is -0.366 e. The largest absolute Gasteiger partial charge is 0.366 e. The fraction of sp³-hybridized carbons (Fsp3) is 0.533. The third-order valence-electron chi connectivity index (χ3n) is 4.24. The van der Waals surface area contributed by atoms with Crippen LogP contribution in [-0.2, 0) is 0 Å². The van der Waals surface area contributed by atoms with Gasteiger partial charge in [-0.3, -0.25) is 4.79 Å². The zero-order valence-corrected chi connectivity index (χ0v) is 11.4. The van der Waals surface area contributed by atoms with Gasteiger partial charge in [-0.15, -0.1) is 0 Å². The van der Waals surface area contributed by atoms with Crippen LogP contribution >= 0.6 is 0 Å². The first-order valence-electron chi connectivity index (χ1n) is 6.55. The predicted octanol–water partition coefficient (Wildman–Crippen LogP) is 2.45. The first-order valence-corrected chi connectivity index (χ1v) is 6.55. The van der Waals surface area contributed by atoms with Crippen molar-refractivity contribution in [3.8, 4) is 0 Å². The van der Waals surface area contributed by atoms with Crippen molar-refractivity contribution in [1.82, 2.24) is 0 Å². The summed E-state index contributed by atoms with van der Waals surface area (Å²) in [5.74, 6) is 0.628. The lowest BCUT2D eigenvalue weighted by Crippen LogP contribution is -2.44. The molecule has 1 aromatic carbocycles. The highest BCUT2D eigenvalue weighted by Crippen LogP contribution is 2.37. The van der Waals surface area contributed by atoms with E-state index < -0.39 is 0 Å². The summed E-state index contributed by atoms with van der Waals surface area (Å²) >= 11 is 0. The van der Waals surface area contributed by atoms with E-state index in [0.29, 0.717) is 5.92 Å². The van der Waals surface area contributed by atoms with Gasteiger partial charge in [0.25, 0.3) is 0 Å². The van der Waals surface area contributed by atoms with Gasteiger partial charge in [0.05, 0.1) is 0 Å². The number of rotatable bonds is 3. The van der Waals surface area contributed by atoms with Crippen molar-refractivity contribution in [2.75, 3.05) is 18.0 Å². The molecule has 3 heteroatoms. The summed E-state index contributed by atoms with van der Waals surface area (Å²) in [7, 11) is 0. The van der Waals surface area contributed by atoms with E-state index >= 15 is 0 Å². The van der Waals surface area contributed by atoms with Crippen LogP contribution in [0.1, 0.15) is 37.6 Å². The molecule has 0 amide bonds. The Bertz CT molecular complexity index is 454. The molecular formula is C15H22N2O. The number of ketones is 1. The Morgan fingerprint density at radius 2 is 2.22 bits per heavy atom. The zero-order valence-electron chi connectivity index (χ0n) is 11.4. The molecule has 1 aliphatic rings. The number of nitrogens with zero attached hydrogens (tertiary/aromatic N) is 1. The highest BCUT2D eigenvalue weighted by molar-refractivity contribution is 5.95. The Kier molecular flexibility index (Phi) is 3.44. The molecule has 98 valence electrons. The Hall–Kier alpha value is -1.35. The molecule has 2 rings (SSSR count). The molecule has 0 aromatic heterocycles. The number of anilines is 1. The SMILES string of the molecule is CC(=O)c1cccc(N2CCC(CN)C2(C)C)c1. The zero-order chi connectivity index (χ0) is 13.3. The van der Waals surface area contributed by atoms with Crippen LogP contribution in [0.2, 0.25) is 0 Å². The van der Waals surface area contributed by atoms with Gasteiger partial charge in [-0.2, -0.15) is 0 Å². The number of benzene rings is 1. The number of nitrogens with two attached hydrogens (primary N) is 1. The summed E-state index contributed by atoms with van der Waals surface area (Å²) in [6, 6.07) is 7.89. The van der Waals surface area contributed by atoms with Crippen LogP contribution in [-0.4, -0.2) is 24.4 Å². The van der Waals surface area contributed by atoms with Crippen molar-refractivity contribution < 1.29 is 4.79 Å². The molecule has 0 saturated carbocycles. The maximum atomic E-state index is 11.5. The number of carbonyl (C=O) groups is 1. The van der Waals surface area contributed by atoms with Crippen LogP contribution in [0.5, 0.6) is 0 Å².